The number of carbonyl (C=O) groups excluding carboxylic acids is 2. The molecular weight excluding hydrogens is 367 g/mol. The number of fused-ring (bicyclic) bond motifs is 1. The van der Waals surface area contributed by atoms with Crippen LogP contribution in [0.15, 0.2) is 53.9 Å². The molecule has 0 unspecified atom stereocenters. The van der Waals surface area contributed by atoms with Crippen LogP contribution in [-0.4, -0.2) is 30.0 Å². The summed E-state index contributed by atoms with van der Waals surface area (Å²) in [5.41, 5.74) is 2.82. The lowest BCUT2D eigenvalue weighted by Gasteiger charge is -2.16. The lowest BCUT2D eigenvalue weighted by atomic mass is 10.2. The quantitative estimate of drug-likeness (QED) is 0.646. The van der Waals surface area contributed by atoms with Gasteiger partial charge in [0, 0.05) is 23.2 Å². The van der Waals surface area contributed by atoms with E-state index in [0.29, 0.717) is 17.1 Å². The Balaban J connectivity index is 1.39. The van der Waals surface area contributed by atoms with Gasteiger partial charge in [-0.3, -0.25) is 4.79 Å². The fourth-order valence-corrected chi connectivity index (χ4v) is 3.76. The second-order valence-electron chi connectivity index (χ2n) is 6.05. The largest absolute Gasteiger partial charge is 0.451 e. The van der Waals surface area contributed by atoms with Crippen LogP contribution < -0.4 is 4.90 Å². The summed E-state index contributed by atoms with van der Waals surface area (Å²) in [6.07, 6.45) is 0.795. The maximum atomic E-state index is 13.0. The molecular formula is C20H15FN2O3S. The van der Waals surface area contributed by atoms with Crippen LogP contribution in [0.3, 0.4) is 0 Å². The average Bonchev–Trinajstić information content (AvgIpc) is 3.34. The van der Waals surface area contributed by atoms with E-state index in [1.807, 2.05) is 24.3 Å². The van der Waals surface area contributed by atoms with E-state index in [-0.39, 0.29) is 24.0 Å². The Kier molecular flexibility index (Phi) is 4.68. The Bertz CT molecular complexity index is 1000. The predicted octanol–water partition coefficient (Wildman–Crippen LogP) is 3.70. The number of anilines is 1. The van der Waals surface area contributed by atoms with Gasteiger partial charge in [0.05, 0.1) is 0 Å². The first kappa shape index (κ1) is 17.4. The van der Waals surface area contributed by atoms with E-state index in [1.54, 1.807) is 22.4 Å². The number of rotatable bonds is 4. The number of hydrogen-bond acceptors (Lipinski definition) is 5. The van der Waals surface area contributed by atoms with Crippen LogP contribution in [0.5, 0.6) is 0 Å². The van der Waals surface area contributed by atoms with Crippen molar-refractivity contribution in [2.75, 3.05) is 18.1 Å². The first-order chi connectivity index (χ1) is 13.1. The molecule has 1 aliphatic heterocycles. The van der Waals surface area contributed by atoms with E-state index in [4.69, 9.17) is 4.74 Å². The minimum absolute atomic E-state index is 0.133. The molecule has 27 heavy (non-hydrogen) atoms. The highest BCUT2D eigenvalue weighted by Gasteiger charge is 2.25. The maximum absolute atomic E-state index is 13.0. The number of hydrogen-bond donors (Lipinski definition) is 0. The SMILES string of the molecule is O=C(OCC(=O)N1CCc2ccccc21)c1csc(-c2ccc(F)cc2)n1. The van der Waals surface area contributed by atoms with Crippen molar-refractivity contribution in [1.29, 1.82) is 0 Å². The maximum Gasteiger partial charge on any atom is 0.358 e. The molecule has 0 spiro atoms. The number of nitrogens with zero attached hydrogens (tertiary/aromatic N) is 2. The summed E-state index contributed by atoms with van der Waals surface area (Å²) in [5, 5.41) is 2.15. The second-order valence-corrected chi connectivity index (χ2v) is 6.90. The molecule has 1 aliphatic rings. The van der Waals surface area contributed by atoms with Gasteiger partial charge in [-0.05, 0) is 42.3 Å². The minimum atomic E-state index is -0.652. The predicted molar refractivity (Wildman–Crippen MR) is 100 cm³/mol. The monoisotopic (exact) mass is 382 g/mol. The van der Waals surface area contributed by atoms with Crippen LogP contribution in [0.25, 0.3) is 10.6 Å². The summed E-state index contributed by atoms with van der Waals surface area (Å²) in [6.45, 7) is 0.248. The molecule has 3 aromatic rings. The van der Waals surface area contributed by atoms with Crippen LogP contribution in [0.4, 0.5) is 10.1 Å². The molecule has 7 heteroatoms. The lowest BCUT2D eigenvalue weighted by Crippen LogP contribution is -2.33. The van der Waals surface area contributed by atoms with Gasteiger partial charge >= 0.3 is 5.97 Å². The van der Waals surface area contributed by atoms with Crippen LogP contribution in [-0.2, 0) is 16.0 Å². The number of esters is 1. The molecule has 4 rings (SSSR count). The van der Waals surface area contributed by atoms with Crippen LogP contribution in [0.1, 0.15) is 16.1 Å². The Morgan fingerprint density at radius 1 is 1.15 bits per heavy atom. The third-order valence-corrected chi connectivity index (χ3v) is 5.21. The number of benzene rings is 2. The summed E-state index contributed by atoms with van der Waals surface area (Å²) >= 11 is 1.26. The van der Waals surface area contributed by atoms with E-state index in [0.717, 1.165) is 17.7 Å². The normalized spacial score (nSPS) is 12.7. The third-order valence-electron chi connectivity index (χ3n) is 4.32. The van der Waals surface area contributed by atoms with Crippen molar-refractivity contribution in [3.8, 4) is 10.6 Å². The zero-order valence-corrected chi connectivity index (χ0v) is 15.0. The first-order valence-electron chi connectivity index (χ1n) is 8.39. The van der Waals surface area contributed by atoms with Gasteiger partial charge in [-0.1, -0.05) is 18.2 Å². The van der Waals surface area contributed by atoms with Gasteiger partial charge in [-0.25, -0.2) is 14.2 Å². The molecule has 136 valence electrons. The second kappa shape index (κ2) is 7.28. The van der Waals surface area contributed by atoms with Gasteiger partial charge in [0.15, 0.2) is 12.3 Å². The molecule has 0 radical (unpaired) electrons. The van der Waals surface area contributed by atoms with Crippen molar-refractivity contribution in [3.63, 3.8) is 0 Å². The van der Waals surface area contributed by atoms with Crippen LogP contribution in [0, 0.1) is 5.82 Å². The molecule has 0 bridgehead atoms. The van der Waals surface area contributed by atoms with E-state index in [1.165, 1.54) is 23.5 Å². The van der Waals surface area contributed by atoms with Gasteiger partial charge in [0.25, 0.3) is 5.91 Å². The van der Waals surface area contributed by atoms with Gasteiger partial charge in [0.1, 0.15) is 10.8 Å². The van der Waals surface area contributed by atoms with Gasteiger partial charge < -0.3 is 9.64 Å². The van der Waals surface area contributed by atoms with Gasteiger partial charge in [-0.15, -0.1) is 11.3 Å². The summed E-state index contributed by atoms with van der Waals surface area (Å²) in [5.74, 6) is -1.25. The molecule has 5 nitrogen and oxygen atoms in total. The standard InChI is InChI=1S/C20H15FN2O3S/c21-15-7-5-14(6-8-15)19-22-16(12-27-19)20(25)26-11-18(24)23-10-9-13-3-1-2-4-17(13)23/h1-8,12H,9-11H2. The Hall–Kier alpha value is -3.06. The molecule has 0 aliphatic carbocycles. The third kappa shape index (κ3) is 3.59. The highest BCUT2D eigenvalue weighted by molar-refractivity contribution is 7.13. The summed E-state index contributed by atoms with van der Waals surface area (Å²) < 4.78 is 18.1. The molecule has 0 saturated carbocycles. The van der Waals surface area contributed by atoms with Crippen molar-refractivity contribution in [3.05, 3.63) is 71.0 Å². The van der Waals surface area contributed by atoms with Crippen molar-refractivity contribution in [1.82, 2.24) is 4.98 Å². The molecule has 2 aromatic carbocycles. The molecule has 0 N–H and O–H groups in total. The topological polar surface area (TPSA) is 59.5 Å². The molecule has 0 fully saturated rings. The zero-order chi connectivity index (χ0) is 18.8. The zero-order valence-electron chi connectivity index (χ0n) is 14.2. The highest BCUT2D eigenvalue weighted by Crippen LogP contribution is 2.27. The Labute approximate surface area is 159 Å². The number of carbonyl (C=O) groups is 2. The number of amides is 1. The molecule has 0 atom stereocenters. The van der Waals surface area contributed by atoms with Gasteiger partial charge in [-0.2, -0.15) is 0 Å². The van der Waals surface area contributed by atoms with E-state index in [2.05, 4.69) is 4.98 Å². The van der Waals surface area contributed by atoms with Crippen LogP contribution >= 0.6 is 11.3 Å². The van der Waals surface area contributed by atoms with E-state index < -0.39 is 5.97 Å². The number of halogens is 1. The van der Waals surface area contributed by atoms with Crippen molar-refractivity contribution < 1.29 is 18.7 Å². The van der Waals surface area contributed by atoms with E-state index >= 15 is 0 Å². The fourth-order valence-electron chi connectivity index (χ4n) is 2.97. The van der Waals surface area contributed by atoms with Crippen LogP contribution in [0.2, 0.25) is 0 Å². The summed E-state index contributed by atoms with van der Waals surface area (Å²) in [7, 11) is 0. The number of ether oxygens (including phenoxy) is 1. The first-order valence-corrected chi connectivity index (χ1v) is 9.26. The smallest absolute Gasteiger partial charge is 0.358 e. The number of para-hydroxylation sites is 1. The van der Waals surface area contributed by atoms with Crippen molar-refractivity contribution in [2.45, 2.75) is 6.42 Å². The Morgan fingerprint density at radius 2 is 1.93 bits per heavy atom. The summed E-state index contributed by atoms with van der Waals surface area (Å²) in [6, 6.07) is 13.5. The van der Waals surface area contributed by atoms with Crippen molar-refractivity contribution in [2.24, 2.45) is 0 Å². The fraction of sp³-hybridized carbons (Fsp3) is 0.150. The molecule has 1 amide bonds. The minimum Gasteiger partial charge on any atom is -0.451 e. The number of aromatic nitrogens is 1. The number of thiazole rings is 1. The van der Waals surface area contributed by atoms with Gasteiger partial charge in [0.2, 0.25) is 0 Å². The Morgan fingerprint density at radius 3 is 2.74 bits per heavy atom. The van der Waals surface area contributed by atoms with Crippen molar-refractivity contribution >= 4 is 28.9 Å². The lowest BCUT2D eigenvalue weighted by molar-refractivity contribution is -0.121. The molecule has 0 saturated heterocycles. The van der Waals surface area contributed by atoms with E-state index in [9.17, 15) is 14.0 Å². The highest BCUT2D eigenvalue weighted by atomic mass is 32.1. The molecule has 1 aromatic heterocycles. The average molecular weight is 382 g/mol. The molecule has 2 heterocycles. The summed E-state index contributed by atoms with van der Waals surface area (Å²) in [4.78, 5) is 30.4.